The number of amides is 1. The smallest absolute Gasteiger partial charge is 0.329 e. The van der Waals surface area contributed by atoms with Gasteiger partial charge in [0.15, 0.2) is 0 Å². The van der Waals surface area contributed by atoms with Gasteiger partial charge in [0, 0.05) is 16.3 Å². The molecule has 1 amide bonds. The van der Waals surface area contributed by atoms with E-state index in [1.165, 1.54) is 0 Å². The lowest BCUT2D eigenvalue weighted by Crippen LogP contribution is -2.44. The molecule has 0 aliphatic carbocycles. The van der Waals surface area contributed by atoms with E-state index in [9.17, 15) is 9.59 Å². The van der Waals surface area contributed by atoms with Crippen LogP contribution >= 0.6 is 23.4 Å². The Morgan fingerprint density at radius 2 is 1.73 bits per heavy atom. The lowest BCUT2D eigenvalue weighted by molar-refractivity contribution is -0.148. The number of thioether (sulfide) groups is 1. The van der Waals surface area contributed by atoms with Crippen LogP contribution in [0.1, 0.15) is 41.1 Å². The average molecular weight is 480 g/mol. The summed E-state index contributed by atoms with van der Waals surface area (Å²) in [7, 11) is 0. The summed E-state index contributed by atoms with van der Waals surface area (Å²) >= 11 is 7.78. The Morgan fingerprint density at radius 3 is 2.42 bits per heavy atom. The minimum absolute atomic E-state index is 0.193. The number of rotatable bonds is 7. The first-order valence-electron chi connectivity index (χ1n) is 11.1. The molecule has 0 N–H and O–H groups in total. The van der Waals surface area contributed by atoms with Gasteiger partial charge < -0.3 is 9.64 Å². The van der Waals surface area contributed by atoms with Crippen molar-refractivity contribution in [3.63, 3.8) is 0 Å². The summed E-state index contributed by atoms with van der Waals surface area (Å²) in [6, 6.07) is 24.3. The van der Waals surface area contributed by atoms with Crippen molar-refractivity contribution in [2.45, 2.75) is 31.2 Å². The van der Waals surface area contributed by atoms with E-state index < -0.39 is 6.04 Å². The molecule has 1 aliphatic heterocycles. The molecule has 4 rings (SSSR count). The average Bonchev–Trinajstić information content (AvgIpc) is 3.30. The predicted octanol–water partition coefficient (Wildman–Crippen LogP) is 6.61. The zero-order valence-corrected chi connectivity index (χ0v) is 20.0. The molecule has 33 heavy (non-hydrogen) atoms. The van der Waals surface area contributed by atoms with Gasteiger partial charge in [-0.3, -0.25) is 4.79 Å². The van der Waals surface area contributed by atoms with Crippen molar-refractivity contribution in [3.05, 3.63) is 95.0 Å². The minimum Gasteiger partial charge on any atom is -0.464 e. The standard InChI is InChI=1S/C27H26ClNO3S/c1-2-3-16-32-27(31)24-18-33-26(22-10-7-11-23(28)17-22)29(24)25(30)21-14-12-20(13-15-21)19-8-5-4-6-9-19/h4-15,17,24,26H,2-3,16,18H2,1H3. The molecule has 3 aromatic carbocycles. The molecule has 2 atom stereocenters. The van der Waals surface area contributed by atoms with Gasteiger partial charge in [-0.2, -0.15) is 0 Å². The largest absolute Gasteiger partial charge is 0.464 e. The molecule has 0 bridgehead atoms. The van der Waals surface area contributed by atoms with Gasteiger partial charge in [-0.15, -0.1) is 11.8 Å². The molecule has 6 heteroatoms. The zero-order valence-electron chi connectivity index (χ0n) is 18.4. The van der Waals surface area contributed by atoms with Gasteiger partial charge in [0.2, 0.25) is 0 Å². The van der Waals surface area contributed by atoms with Crippen molar-refractivity contribution in [1.29, 1.82) is 0 Å². The highest BCUT2D eigenvalue weighted by Crippen LogP contribution is 2.43. The van der Waals surface area contributed by atoms with Gasteiger partial charge in [-0.25, -0.2) is 4.79 Å². The number of ether oxygens (including phenoxy) is 1. The van der Waals surface area contributed by atoms with Crippen LogP contribution in [-0.2, 0) is 9.53 Å². The topological polar surface area (TPSA) is 46.6 Å². The van der Waals surface area contributed by atoms with Crippen molar-refractivity contribution >= 4 is 35.2 Å². The Hall–Kier alpha value is -2.76. The van der Waals surface area contributed by atoms with E-state index in [1.54, 1.807) is 22.7 Å². The van der Waals surface area contributed by atoms with E-state index in [0.717, 1.165) is 29.5 Å². The summed E-state index contributed by atoms with van der Waals surface area (Å²) in [5.74, 6) is -0.0625. The van der Waals surface area contributed by atoms with E-state index in [1.807, 2.05) is 79.7 Å². The van der Waals surface area contributed by atoms with Crippen LogP contribution in [-0.4, -0.2) is 35.2 Å². The molecule has 1 heterocycles. The van der Waals surface area contributed by atoms with Crippen molar-refractivity contribution in [2.75, 3.05) is 12.4 Å². The Labute approximate surface area is 203 Å². The summed E-state index contributed by atoms with van der Waals surface area (Å²) < 4.78 is 5.50. The monoisotopic (exact) mass is 479 g/mol. The predicted molar refractivity (Wildman–Crippen MR) is 134 cm³/mol. The van der Waals surface area contributed by atoms with Crippen LogP contribution in [0, 0.1) is 0 Å². The highest BCUT2D eigenvalue weighted by molar-refractivity contribution is 7.99. The molecular weight excluding hydrogens is 454 g/mol. The number of nitrogens with zero attached hydrogens (tertiary/aromatic N) is 1. The summed E-state index contributed by atoms with van der Waals surface area (Å²) in [4.78, 5) is 28.2. The first kappa shape index (κ1) is 23.4. The number of hydrogen-bond acceptors (Lipinski definition) is 4. The molecule has 0 saturated carbocycles. The maximum atomic E-state index is 13.7. The molecule has 0 aromatic heterocycles. The van der Waals surface area contributed by atoms with Crippen LogP contribution in [0.25, 0.3) is 11.1 Å². The second-order valence-corrected chi connectivity index (χ2v) is 9.48. The maximum absolute atomic E-state index is 13.7. The molecule has 2 unspecified atom stereocenters. The maximum Gasteiger partial charge on any atom is 0.329 e. The minimum atomic E-state index is -0.642. The zero-order chi connectivity index (χ0) is 23.2. The number of benzene rings is 3. The Kier molecular flexibility index (Phi) is 7.73. The first-order chi connectivity index (χ1) is 16.1. The second-order valence-electron chi connectivity index (χ2n) is 7.93. The third kappa shape index (κ3) is 5.43. The number of unbranched alkanes of at least 4 members (excludes halogenated alkanes) is 1. The Bertz CT molecular complexity index is 1100. The van der Waals surface area contributed by atoms with Gasteiger partial charge in [0.25, 0.3) is 5.91 Å². The second kappa shape index (κ2) is 10.9. The van der Waals surface area contributed by atoms with Crippen molar-refractivity contribution in [2.24, 2.45) is 0 Å². The molecule has 1 saturated heterocycles. The number of carbonyl (C=O) groups excluding carboxylic acids is 2. The number of carbonyl (C=O) groups is 2. The van der Waals surface area contributed by atoms with E-state index in [4.69, 9.17) is 16.3 Å². The SMILES string of the molecule is CCCCOC(=O)C1CSC(c2cccc(Cl)c2)N1C(=O)c1ccc(-c2ccccc2)cc1. The fraction of sp³-hybridized carbons (Fsp3) is 0.259. The third-order valence-electron chi connectivity index (χ3n) is 5.62. The van der Waals surface area contributed by atoms with Crippen LogP contribution in [0.15, 0.2) is 78.9 Å². The highest BCUT2D eigenvalue weighted by Gasteiger charge is 2.43. The Balaban J connectivity index is 1.62. The molecule has 0 radical (unpaired) electrons. The highest BCUT2D eigenvalue weighted by atomic mass is 35.5. The van der Waals surface area contributed by atoms with Crippen LogP contribution in [0.5, 0.6) is 0 Å². The summed E-state index contributed by atoms with van der Waals surface area (Å²) in [6.07, 6.45) is 1.74. The number of esters is 1. The molecule has 3 aromatic rings. The molecule has 170 valence electrons. The third-order valence-corrected chi connectivity index (χ3v) is 7.18. The van der Waals surface area contributed by atoms with E-state index in [-0.39, 0.29) is 17.3 Å². The van der Waals surface area contributed by atoms with Gasteiger partial charge in [-0.1, -0.05) is 79.5 Å². The first-order valence-corrected chi connectivity index (χ1v) is 12.5. The molecule has 4 nitrogen and oxygen atoms in total. The molecule has 1 fully saturated rings. The van der Waals surface area contributed by atoms with Crippen molar-refractivity contribution < 1.29 is 14.3 Å². The summed E-state index contributed by atoms with van der Waals surface area (Å²) in [5, 5.41) is 0.287. The molecule has 1 aliphatic rings. The van der Waals surface area contributed by atoms with Crippen LogP contribution in [0.2, 0.25) is 5.02 Å². The van der Waals surface area contributed by atoms with Crippen LogP contribution < -0.4 is 0 Å². The van der Waals surface area contributed by atoms with E-state index >= 15 is 0 Å². The lowest BCUT2D eigenvalue weighted by atomic mass is 10.0. The number of halogens is 1. The summed E-state index contributed by atoms with van der Waals surface area (Å²) in [6.45, 7) is 2.41. The van der Waals surface area contributed by atoms with Crippen molar-refractivity contribution in [3.8, 4) is 11.1 Å². The van der Waals surface area contributed by atoms with Gasteiger partial charge in [0.05, 0.1) is 6.61 Å². The quantitative estimate of drug-likeness (QED) is 0.282. The molecular formula is C27H26ClNO3S. The normalized spacial score (nSPS) is 17.7. The van der Waals surface area contributed by atoms with Gasteiger partial charge in [0.1, 0.15) is 11.4 Å². The van der Waals surface area contributed by atoms with Crippen molar-refractivity contribution in [1.82, 2.24) is 4.90 Å². The fourth-order valence-corrected chi connectivity index (χ4v) is 5.45. The summed E-state index contributed by atoms with van der Waals surface area (Å²) in [5.41, 5.74) is 3.55. The molecule has 0 spiro atoms. The van der Waals surface area contributed by atoms with Crippen LogP contribution in [0.4, 0.5) is 0 Å². The Morgan fingerprint density at radius 1 is 1.00 bits per heavy atom. The van der Waals surface area contributed by atoms with Gasteiger partial charge >= 0.3 is 5.97 Å². The van der Waals surface area contributed by atoms with Gasteiger partial charge in [-0.05, 0) is 47.4 Å². The van der Waals surface area contributed by atoms with Crippen LogP contribution in [0.3, 0.4) is 0 Å². The number of hydrogen-bond donors (Lipinski definition) is 0. The van der Waals surface area contributed by atoms with E-state index in [0.29, 0.717) is 22.9 Å². The van der Waals surface area contributed by atoms with E-state index in [2.05, 4.69) is 0 Å². The lowest BCUT2D eigenvalue weighted by Gasteiger charge is -2.29. The fourth-order valence-electron chi connectivity index (χ4n) is 3.85.